The second kappa shape index (κ2) is 8.02. The lowest BCUT2D eigenvalue weighted by atomic mass is 10.1. The summed E-state index contributed by atoms with van der Waals surface area (Å²) in [5, 5.41) is 3.33. The van der Waals surface area contributed by atoms with Crippen LogP contribution in [0.4, 0.5) is 11.4 Å². The molecule has 1 aromatic heterocycles. The number of carbonyl (C=O) groups is 2. The maximum Gasteiger partial charge on any atom is 0.349 e. The van der Waals surface area contributed by atoms with Crippen molar-refractivity contribution in [3.8, 4) is 5.75 Å². The van der Waals surface area contributed by atoms with Crippen molar-refractivity contribution in [2.45, 2.75) is 26.2 Å². The smallest absolute Gasteiger partial charge is 0.349 e. The molecule has 2 amide bonds. The number of piperidine rings is 1. The maximum absolute atomic E-state index is 12.7. The molecule has 2 heterocycles. The first kappa shape index (κ1) is 19.7. The molecule has 3 aromatic rings. The van der Waals surface area contributed by atoms with Gasteiger partial charge in [0.1, 0.15) is 5.56 Å². The third-order valence-electron chi connectivity index (χ3n) is 5.26. The zero-order valence-electron chi connectivity index (χ0n) is 16.9. The van der Waals surface area contributed by atoms with E-state index in [0.717, 1.165) is 24.1 Å². The summed E-state index contributed by atoms with van der Waals surface area (Å²) >= 11 is 0. The van der Waals surface area contributed by atoms with E-state index in [4.69, 9.17) is 9.15 Å². The van der Waals surface area contributed by atoms with Crippen LogP contribution < -0.4 is 20.6 Å². The van der Waals surface area contributed by atoms with Crippen molar-refractivity contribution in [2.24, 2.45) is 0 Å². The van der Waals surface area contributed by atoms with Crippen molar-refractivity contribution in [3.05, 3.63) is 64.0 Å². The van der Waals surface area contributed by atoms with Gasteiger partial charge in [-0.05, 0) is 55.7 Å². The van der Waals surface area contributed by atoms with Crippen molar-refractivity contribution in [2.75, 3.05) is 23.9 Å². The van der Waals surface area contributed by atoms with Gasteiger partial charge in [-0.25, -0.2) is 4.79 Å². The number of carbonyl (C=O) groups excluding carboxylic acids is 2. The van der Waals surface area contributed by atoms with Crippen LogP contribution in [0, 0.1) is 6.92 Å². The number of nitrogens with one attached hydrogen (secondary N) is 1. The van der Waals surface area contributed by atoms with Gasteiger partial charge in [0.05, 0.1) is 7.11 Å². The van der Waals surface area contributed by atoms with Crippen molar-refractivity contribution in [1.82, 2.24) is 0 Å². The number of anilines is 2. The maximum atomic E-state index is 12.7. The van der Waals surface area contributed by atoms with Gasteiger partial charge in [0, 0.05) is 29.7 Å². The van der Waals surface area contributed by atoms with E-state index in [0.29, 0.717) is 35.4 Å². The van der Waals surface area contributed by atoms with Crippen molar-refractivity contribution in [3.63, 3.8) is 0 Å². The van der Waals surface area contributed by atoms with Gasteiger partial charge >= 0.3 is 5.63 Å². The fourth-order valence-electron chi connectivity index (χ4n) is 3.73. The SMILES string of the molecule is COc1cccc2cc(C(=O)Nc3ccc(N4CCCCC4=O)c(C)c3)c(=O)oc12. The van der Waals surface area contributed by atoms with Crippen LogP contribution in [0.1, 0.15) is 35.2 Å². The van der Waals surface area contributed by atoms with Gasteiger partial charge in [-0.15, -0.1) is 0 Å². The molecule has 7 nitrogen and oxygen atoms in total. The standard InChI is InChI=1S/C23H22N2O5/c1-14-12-16(9-10-18(14)25-11-4-3-8-20(25)26)24-22(27)17-13-15-6-5-7-19(29-2)21(15)30-23(17)28/h5-7,9-10,12-13H,3-4,8,11H2,1-2H3,(H,24,27). The molecule has 0 bridgehead atoms. The minimum absolute atomic E-state index is 0.0938. The topological polar surface area (TPSA) is 88.9 Å². The normalized spacial score (nSPS) is 14.1. The summed E-state index contributed by atoms with van der Waals surface area (Å²) in [7, 11) is 1.48. The van der Waals surface area contributed by atoms with E-state index >= 15 is 0 Å². The lowest BCUT2D eigenvalue weighted by Crippen LogP contribution is -2.35. The van der Waals surface area contributed by atoms with Gasteiger partial charge in [0.2, 0.25) is 5.91 Å². The first-order valence-corrected chi connectivity index (χ1v) is 9.81. The number of benzene rings is 2. The summed E-state index contributed by atoms with van der Waals surface area (Å²) in [5.74, 6) is -0.0185. The lowest BCUT2D eigenvalue weighted by molar-refractivity contribution is -0.119. The predicted molar refractivity (Wildman–Crippen MR) is 114 cm³/mol. The van der Waals surface area contributed by atoms with Gasteiger partial charge in [-0.3, -0.25) is 9.59 Å². The fourth-order valence-corrected chi connectivity index (χ4v) is 3.73. The first-order chi connectivity index (χ1) is 14.5. The number of aryl methyl sites for hydroxylation is 1. The molecule has 0 unspecified atom stereocenters. The van der Waals surface area contributed by atoms with Crippen molar-refractivity contribution >= 4 is 34.2 Å². The third-order valence-corrected chi connectivity index (χ3v) is 5.26. The minimum atomic E-state index is -0.739. The molecule has 30 heavy (non-hydrogen) atoms. The molecular weight excluding hydrogens is 384 g/mol. The Bertz CT molecular complexity index is 1200. The van der Waals surface area contributed by atoms with Crippen LogP contribution in [-0.2, 0) is 4.79 Å². The van der Waals surface area contributed by atoms with E-state index in [-0.39, 0.29) is 11.5 Å². The van der Waals surface area contributed by atoms with Crippen LogP contribution in [0.15, 0.2) is 51.7 Å². The molecule has 0 spiro atoms. The Morgan fingerprint density at radius 1 is 1.13 bits per heavy atom. The van der Waals surface area contributed by atoms with Gasteiger partial charge in [-0.2, -0.15) is 0 Å². The molecule has 1 saturated heterocycles. The number of fused-ring (bicyclic) bond motifs is 1. The highest BCUT2D eigenvalue weighted by molar-refractivity contribution is 6.06. The summed E-state index contributed by atoms with van der Waals surface area (Å²) in [6, 6.07) is 12.0. The first-order valence-electron chi connectivity index (χ1n) is 9.81. The number of hydrogen-bond acceptors (Lipinski definition) is 5. The van der Waals surface area contributed by atoms with E-state index in [1.807, 2.05) is 13.0 Å². The molecule has 0 radical (unpaired) electrons. The van der Waals surface area contributed by atoms with Gasteiger partial charge in [-0.1, -0.05) is 12.1 Å². The Balaban J connectivity index is 1.60. The van der Waals surface area contributed by atoms with Crippen molar-refractivity contribution < 1.29 is 18.7 Å². The second-order valence-corrected chi connectivity index (χ2v) is 7.28. The predicted octanol–water partition coefficient (Wildman–Crippen LogP) is 3.88. The number of ether oxygens (including phenoxy) is 1. The number of hydrogen-bond donors (Lipinski definition) is 1. The highest BCUT2D eigenvalue weighted by atomic mass is 16.5. The Kier molecular flexibility index (Phi) is 5.27. The van der Waals surface area contributed by atoms with Crippen molar-refractivity contribution in [1.29, 1.82) is 0 Å². The Morgan fingerprint density at radius 2 is 1.97 bits per heavy atom. The second-order valence-electron chi connectivity index (χ2n) is 7.28. The summed E-state index contributed by atoms with van der Waals surface area (Å²) in [6.07, 6.45) is 2.45. The zero-order chi connectivity index (χ0) is 21.3. The molecule has 7 heteroatoms. The van der Waals surface area contributed by atoms with Crippen LogP contribution in [-0.4, -0.2) is 25.5 Å². The molecule has 4 rings (SSSR count). The van der Waals surface area contributed by atoms with Crippen LogP contribution in [0.5, 0.6) is 5.75 Å². The summed E-state index contributed by atoms with van der Waals surface area (Å²) in [6.45, 7) is 2.59. The molecule has 1 N–H and O–H groups in total. The number of methoxy groups -OCH3 is 1. The molecule has 2 aromatic carbocycles. The molecule has 0 atom stereocenters. The average Bonchev–Trinajstić information content (AvgIpc) is 2.73. The number of nitrogens with zero attached hydrogens (tertiary/aromatic N) is 1. The third kappa shape index (κ3) is 3.66. The molecule has 154 valence electrons. The summed E-state index contributed by atoms with van der Waals surface area (Å²) < 4.78 is 10.5. The summed E-state index contributed by atoms with van der Waals surface area (Å²) in [5.41, 5.74) is 1.72. The Morgan fingerprint density at radius 3 is 2.70 bits per heavy atom. The van der Waals surface area contributed by atoms with E-state index in [2.05, 4.69) is 5.32 Å². The van der Waals surface area contributed by atoms with Crippen LogP contribution in [0.2, 0.25) is 0 Å². The van der Waals surface area contributed by atoms with Crippen LogP contribution >= 0.6 is 0 Å². The number of rotatable bonds is 4. The van der Waals surface area contributed by atoms with Gasteiger partial charge < -0.3 is 19.4 Å². The van der Waals surface area contributed by atoms with Crippen LogP contribution in [0.3, 0.4) is 0 Å². The summed E-state index contributed by atoms with van der Waals surface area (Å²) in [4.78, 5) is 39.1. The lowest BCUT2D eigenvalue weighted by Gasteiger charge is -2.28. The zero-order valence-corrected chi connectivity index (χ0v) is 16.9. The minimum Gasteiger partial charge on any atom is -0.493 e. The molecule has 0 aliphatic carbocycles. The molecule has 1 aliphatic rings. The molecule has 1 fully saturated rings. The average molecular weight is 406 g/mol. The van der Waals surface area contributed by atoms with E-state index < -0.39 is 11.5 Å². The number of amides is 2. The Hall–Kier alpha value is -3.61. The number of para-hydroxylation sites is 1. The van der Waals surface area contributed by atoms with Gasteiger partial charge in [0.15, 0.2) is 11.3 Å². The van der Waals surface area contributed by atoms with E-state index in [1.54, 1.807) is 35.2 Å². The molecular formula is C23H22N2O5. The Labute approximate surface area is 173 Å². The fraction of sp³-hybridized carbons (Fsp3) is 0.261. The quantitative estimate of drug-likeness (QED) is 0.664. The largest absolute Gasteiger partial charge is 0.493 e. The molecule has 0 saturated carbocycles. The highest BCUT2D eigenvalue weighted by Crippen LogP contribution is 2.28. The highest BCUT2D eigenvalue weighted by Gasteiger charge is 2.21. The van der Waals surface area contributed by atoms with E-state index in [1.165, 1.54) is 13.2 Å². The monoisotopic (exact) mass is 406 g/mol. The van der Waals surface area contributed by atoms with Crippen LogP contribution in [0.25, 0.3) is 11.0 Å². The molecule has 1 aliphatic heterocycles. The van der Waals surface area contributed by atoms with Gasteiger partial charge in [0.25, 0.3) is 5.91 Å². The van der Waals surface area contributed by atoms with E-state index in [9.17, 15) is 14.4 Å².